The van der Waals surface area contributed by atoms with E-state index >= 15 is 0 Å². The lowest BCUT2D eigenvalue weighted by molar-refractivity contribution is -0.143. The van der Waals surface area contributed by atoms with Gasteiger partial charge < -0.3 is 19.9 Å². The Morgan fingerprint density at radius 2 is 1.88 bits per heavy atom. The maximum absolute atomic E-state index is 14.8. The highest BCUT2D eigenvalue weighted by molar-refractivity contribution is 5.94. The van der Waals surface area contributed by atoms with Crippen molar-refractivity contribution < 1.29 is 23.4 Å². The summed E-state index contributed by atoms with van der Waals surface area (Å²) in [6.07, 6.45) is 8.87. The van der Waals surface area contributed by atoms with E-state index in [9.17, 15) is 9.18 Å². The van der Waals surface area contributed by atoms with Crippen LogP contribution in [0.5, 0.6) is 6.01 Å². The van der Waals surface area contributed by atoms with Crippen LogP contribution in [0.3, 0.4) is 0 Å². The van der Waals surface area contributed by atoms with Gasteiger partial charge in [0.15, 0.2) is 0 Å². The van der Waals surface area contributed by atoms with Crippen molar-refractivity contribution in [2.75, 3.05) is 13.2 Å². The fraction of sp³-hybridized carbons (Fsp3) is 0.455. The molecule has 32 heavy (non-hydrogen) atoms. The first-order chi connectivity index (χ1) is 15.0. The molecule has 0 atom stereocenters. The van der Waals surface area contributed by atoms with Crippen molar-refractivity contribution in [2.45, 2.75) is 51.2 Å². The third-order valence-corrected chi connectivity index (χ3v) is 4.96. The van der Waals surface area contributed by atoms with Gasteiger partial charge in [-0.1, -0.05) is 37.5 Å². The molecule has 1 saturated carbocycles. The lowest BCUT2D eigenvalue weighted by Gasteiger charge is -2.21. The van der Waals surface area contributed by atoms with Crippen LogP contribution in [0.1, 0.15) is 44.1 Å². The van der Waals surface area contributed by atoms with Crippen molar-refractivity contribution in [1.29, 1.82) is 5.41 Å². The molecule has 8 nitrogen and oxygen atoms in total. The second-order valence-electron chi connectivity index (χ2n) is 7.37. The first kappa shape index (κ1) is 25.5. The van der Waals surface area contributed by atoms with E-state index in [4.69, 9.17) is 25.4 Å². The zero-order chi connectivity index (χ0) is 22.1. The Morgan fingerprint density at radius 3 is 2.56 bits per heavy atom. The molecule has 0 unspecified atom stereocenters. The monoisotopic (exact) mass is 466 g/mol. The van der Waals surface area contributed by atoms with E-state index in [0.717, 1.165) is 12.8 Å². The van der Waals surface area contributed by atoms with Crippen molar-refractivity contribution in [3.63, 3.8) is 0 Å². The standard InChI is InChI=1S/C22H27FN4O4.ClH/c23-21-15(14-31-20(28)11-19(24)25)5-4-8-18(21)16-12-26-22(27-13-16)30-10-9-29-17-6-2-1-3-7-17;/h4-5,8,12-13,17H,1-3,6-7,9-11,14H2,(H3,24,25);1H. The van der Waals surface area contributed by atoms with Gasteiger partial charge in [0.05, 0.1) is 12.7 Å². The number of aromatic nitrogens is 2. The van der Waals surface area contributed by atoms with Crippen molar-refractivity contribution in [1.82, 2.24) is 9.97 Å². The summed E-state index contributed by atoms with van der Waals surface area (Å²) >= 11 is 0. The topological polar surface area (TPSA) is 120 Å². The predicted molar refractivity (Wildman–Crippen MR) is 119 cm³/mol. The fourth-order valence-corrected chi connectivity index (χ4v) is 3.39. The Kier molecular flexibility index (Phi) is 10.3. The molecule has 1 fully saturated rings. The van der Waals surface area contributed by atoms with Crippen molar-refractivity contribution in [3.8, 4) is 17.1 Å². The number of hydrogen-bond acceptors (Lipinski definition) is 7. The zero-order valence-electron chi connectivity index (χ0n) is 17.7. The number of benzene rings is 1. The van der Waals surface area contributed by atoms with E-state index < -0.39 is 11.8 Å². The largest absolute Gasteiger partial charge is 0.461 e. The molecular formula is C22H28ClFN4O4. The van der Waals surface area contributed by atoms with E-state index in [0.29, 0.717) is 24.9 Å². The van der Waals surface area contributed by atoms with Crippen LogP contribution in [0, 0.1) is 11.2 Å². The van der Waals surface area contributed by atoms with Gasteiger partial charge in [0.1, 0.15) is 31.3 Å². The normalized spacial score (nSPS) is 13.8. The Bertz CT molecular complexity index is 892. The fourth-order valence-electron chi connectivity index (χ4n) is 3.39. The van der Waals surface area contributed by atoms with Gasteiger partial charge in [0.2, 0.25) is 0 Å². The molecule has 1 aliphatic rings. The van der Waals surface area contributed by atoms with Gasteiger partial charge in [-0.05, 0) is 12.8 Å². The van der Waals surface area contributed by atoms with Gasteiger partial charge in [-0.2, -0.15) is 0 Å². The van der Waals surface area contributed by atoms with Gasteiger partial charge in [-0.15, -0.1) is 12.4 Å². The Labute approximate surface area is 192 Å². The Balaban J connectivity index is 0.00000363. The second kappa shape index (κ2) is 12.9. The number of ether oxygens (including phenoxy) is 3. The lowest BCUT2D eigenvalue weighted by Crippen LogP contribution is -2.20. The minimum Gasteiger partial charge on any atom is -0.461 e. The number of halogens is 2. The molecule has 2 aromatic rings. The van der Waals surface area contributed by atoms with Crippen LogP contribution in [0.15, 0.2) is 30.6 Å². The summed E-state index contributed by atoms with van der Waals surface area (Å²) in [6.45, 7) is 0.578. The van der Waals surface area contributed by atoms with Gasteiger partial charge in [0, 0.05) is 29.1 Å². The van der Waals surface area contributed by atoms with E-state index in [2.05, 4.69) is 9.97 Å². The number of carbonyl (C=O) groups is 1. The van der Waals surface area contributed by atoms with Gasteiger partial charge in [-0.3, -0.25) is 10.2 Å². The van der Waals surface area contributed by atoms with Gasteiger partial charge in [-0.25, -0.2) is 14.4 Å². The summed E-state index contributed by atoms with van der Waals surface area (Å²) in [6, 6.07) is 4.96. The third kappa shape index (κ3) is 7.72. The molecule has 3 N–H and O–H groups in total. The molecule has 1 aromatic heterocycles. The average molecular weight is 467 g/mol. The molecule has 1 aliphatic carbocycles. The van der Waals surface area contributed by atoms with Crippen LogP contribution in [0.2, 0.25) is 0 Å². The van der Waals surface area contributed by atoms with E-state index in [-0.39, 0.29) is 48.4 Å². The number of rotatable bonds is 10. The van der Waals surface area contributed by atoms with Gasteiger partial charge in [0.25, 0.3) is 0 Å². The first-order valence-electron chi connectivity index (χ1n) is 10.4. The summed E-state index contributed by atoms with van der Waals surface area (Å²) in [5.41, 5.74) is 6.11. The average Bonchev–Trinajstić information content (AvgIpc) is 2.77. The van der Waals surface area contributed by atoms with Crippen LogP contribution >= 0.6 is 12.4 Å². The Morgan fingerprint density at radius 1 is 1.16 bits per heavy atom. The molecule has 3 rings (SSSR count). The van der Waals surface area contributed by atoms with E-state index in [1.165, 1.54) is 37.7 Å². The number of nitrogens with two attached hydrogens (primary N) is 1. The second-order valence-corrected chi connectivity index (χ2v) is 7.37. The SMILES string of the molecule is Cl.N=C(N)CC(=O)OCc1cccc(-c2cnc(OCCOC3CCCCC3)nc2)c1F. The van der Waals surface area contributed by atoms with Crippen molar-refractivity contribution in [2.24, 2.45) is 5.73 Å². The number of carbonyl (C=O) groups excluding carboxylic acids is 1. The molecule has 0 radical (unpaired) electrons. The van der Waals surface area contributed by atoms with Crippen LogP contribution in [0.25, 0.3) is 11.1 Å². The highest BCUT2D eigenvalue weighted by Gasteiger charge is 2.15. The number of nitrogens with one attached hydrogen (secondary N) is 1. The quantitative estimate of drug-likeness (QED) is 0.236. The van der Waals surface area contributed by atoms with Crippen LogP contribution in [-0.2, 0) is 20.9 Å². The van der Waals surface area contributed by atoms with Gasteiger partial charge >= 0.3 is 12.0 Å². The summed E-state index contributed by atoms with van der Waals surface area (Å²) in [5.74, 6) is -1.52. The lowest BCUT2D eigenvalue weighted by atomic mass is 9.98. The van der Waals surface area contributed by atoms with Crippen molar-refractivity contribution in [3.05, 3.63) is 42.0 Å². The molecule has 0 saturated heterocycles. The van der Waals surface area contributed by atoms with Crippen molar-refractivity contribution >= 4 is 24.2 Å². The molecular weight excluding hydrogens is 439 g/mol. The number of hydrogen-bond donors (Lipinski definition) is 2. The molecule has 174 valence electrons. The molecule has 0 spiro atoms. The zero-order valence-corrected chi connectivity index (χ0v) is 18.5. The number of amidine groups is 1. The summed E-state index contributed by atoms with van der Waals surface area (Å²) in [4.78, 5) is 19.8. The minimum atomic E-state index is -0.686. The minimum absolute atomic E-state index is 0. The maximum atomic E-state index is 14.8. The summed E-state index contributed by atoms with van der Waals surface area (Å²) in [5, 5.41) is 7.09. The van der Waals surface area contributed by atoms with Crippen LogP contribution < -0.4 is 10.5 Å². The third-order valence-electron chi connectivity index (χ3n) is 4.96. The molecule has 0 amide bonds. The first-order valence-corrected chi connectivity index (χ1v) is 10.4. The maximum Gasteiger partial charge on any atom is 0.316 e. The summed E-state index contributed by atoms with van der Waals surface area (Å²) in [7, 11) is 0. The molecule has 0 bridgehead atoms. The van der Waals surface area contributed by atoms with Crippen LogP contribution in [-0.4, -0.2) is 41.1 Å². The molecule has 0 aliphatic heterocycles. The highest BCUT2D eigenvalue weighted by atomic mass is 35.5. The number of nitrogens with zero attached hydrogens (tertiary/aromatic N) is 2. The molecule has 1 heterocycles. The smallest absolute Gasteiger partial charge is 0.316 e. The van der Waals surface area contributed by atoms with E-state index in [1.807, 2.05) is 0 Å². The Hall–Kier alpha value is -2.78. The van der Waals surface area contributed by atoms with Crippen LogP contribution in [0.4, 0.5) is 4.39 Å². The molecule has 1 aromatic carbocycles. The number of esters is 1. The molecule has 10 heteroatoms. The summed E-state index contributed by atoms with van der Waals surface area (Å²) < 4.78 is 31.1. The predicted octanol–water partition coefficient (Wildman–Crippen LogP) is 3.80. The van der Waals surface area contributed by atoms with E-state index in [1.54, 1.807) is 12.1 Å². The highest BCUT2D eigenvalue weighted by Crippen LogP contribution is 2.25.